The van der Waals surface area contributed by atoms with Crippen LogP contribution in [-0.2, 0) is 4.79 Å². The highest BCUT2D eigenvalue weighted by Gasteiger charge is 2.30. The second-order valence-corrected chi connectivity index (χ2v) is 6.33. The SMILES string of the molecule is Cc1cc(Oc2ccc3nc(NC(=O)C4CC4)cn3c2)ccc1[N+](=O)[O-]. The highest BCUT2D eigenvalue weighted by atomic mass is 16.6. The van der Waals surface area contributed by atoms with Gasteiger partial charge in [-0.25, -0.2) is 4.98 Å². The van der Waals surface area contributed by atoms with Crippen molar-refractivity contribution in [2.45, 2.75) is 19.8 Å². The molecule has 132 valence electrons. The average Bonchev–Trinajstić information content (AvgIpc) is 3.36. The van der Waals surface area contributed by atoms with Crippen molar-refractivity contribution in [3.05, 3.63) is 58.4 Å². The molecule has 1 aliphatic carbocycles. The number of pyridine rings is 1. The summed E-state index contributed by atoms with van der Waals surface area (Å²) in [5, 5.41) is 13.7. The van der Waals surface area contributed by atoms with E-state index in [4.69, 9.17) is 4.74 Å². The molecule has 8 nitrogen and oxygen atoms in total. The molecule has 0 saturated heterocycles. The van der Waals surface area contributed by atoms with Crippen molar-refractivity contribution < 1.29 is 14.5 Å². The zero-order chi connectivity index (χ0) is 18.3. The number of aryl methyl sites for hydroxylation is 1. The fraction of sp³-hybridized carbons (Fsp3) is 0.222. The van der Waals surface area contributed by atoms with Gasteiger partial charge in [0, 0.05) is 17.5 Å². The molecule has 0 spiro atoms. The molecule has 2 aromatic heterocycles. The molecule has 0 atom stereocenters. The van der Waals surface area contributed by atoms with Crippen molar-refractivity contribution in [3.63, 3.8) is 0 Å². The molecule has 0 radical (unpaired) electrons. The highest BCUT2D eigenvalue weighted by molar-refractivity contribution is 5.93. The Morgan fingerprint density at radius 3 is 2.73 bits per heavy atom. The smallest absolute Gasteiger partial charge is 0.272 e. The topological polar surface area (TPSA) is 98.8 Å². The fourth-order valence-corrected chi connectivity index (χ4v) is 2.70. The number of benzene rings is 1. The monoisotopic (exact) mass is 352 g/mol. The number of nitrogens with one attached hydrogen (secondary N) is 1. The van der Waals surface area contributed by atoms with Gasteiger partial charge in [0.25, 0.3) is 5.69 Å². The molecule has 1 fully saturated rings. The Labute approximate surface area is 148 Å². The van der Waals surface area contributed by atoms with Crippen LogP contribution in [0.2, 0.25) is 0 Å². The van der Waals surface area contributed by atoms with E-state index in [9.17, 15) is 14.9 Å². The number of imidazole rings is 1. The molecule has 3 aromatic rings. The molecule has 8 heteroatoms. The number of anilines is 1. The molecule has 1 saturated carbocycles. The molecule has 1 aromatic carbocycles. The molecule has 0 unspecified atom stereocenters. The molecule has 0 aliphatic heterocycles. The maximum atomic E-state index is 11.8. The molecule has 26 heavy (non-hydrogen) atoms. The Hall–Kier alpha value is -3.42. The summed E-state index contributed by atoms with van der Waals surface area (Å²) in [6, 6.07) is 8.14. The first-order chi connectivity index (χ1) is 12.5. The van der Waals surface area contributed by atoms with Crippen molar-refractivity contribution in [1.82, 2.24) is 9.38 Å². The summed E-state index contributed by atoms with van der Waals surface area (Å²) in [7, 11) is 0. The van der Waals surface area contributed by atoms with Gasteiger partial charge in [-0.2, -0.15) is 0 Å². The van der Waals surface area contributed by atoms with Crippen molar-refractivity contribution in [2.24, 2.45) is 5.92 Å². The van der Waals surface area contributed by atoms with Crippen molar-refractivity contribution >= 4 is 23.1 Å². The number of aromatic nitrogens is 2. The fourth-order valence-electron chi connectivity index (χ4n) is 2.70. The largest absolute Gasteiger partial charge is 0.456 e. The summed E-state index contributed by atoms with van der Waals surface area (Å²) in [4.78, 5) is 26.7. The number of hydrogen-bond acceptors (Lipinski definition) is 5. The molecule has 1 N–H and O–H groups in total. The quantitative estimate of drug-likeness (QED) is 0.558. The predicted molar refractivity (Wildman–Crippen MR) is 94.5 cm³/mol. The lowest BCUT2D eigenvalue weighted by Crippen LogP contribution is -2.13. The Morgan fingerprint density at radius 1 is 1.27 bits per heavy atom. The van der Waals surface area contributed by atoms with E-state index in [1.165, 1.54) is 6.07 Å². The minimum absolute atomic E-state index is 0.00577. The minimum atomic E-state index is -0.423. The van der Waals surface area contributed by atoms with Gasteiger partial charge >= 0.3 is 0 Å². The molecular weight excluding hydrogens is 336 g/mol. The second-order valence-electron chi connectivity index (χ2n) is 6.33. The number of rotatable bonds is 5. The number of nitro benzene ring substituents is 1. The van der Waals surface area contributed by atoms with Crippen LogP contribution < -0.4 is 10.1 Å². The van der Waals surface area contributed by atoms with Gasteiger partial charge < -0.3 is 14.5 Å². The summed E-state index contributed by atoms with van der Waals surface area (Å²) in [6.45, 7) is 1.67. The van der Waals surface area contributed by atoms with E-state index >= 15 is 0 Å². The molecule has 1 aliphatic rings. The Morgan fingerprint density at radius 2 is 2.04 bits per heavy atom. The first-order valence-corrected chi connectivity index (χ1v) is 8.22. The second kappa shape index (κ2) is 6.14. The van der Waals surface area contributed by atoms with E-state index in [1.54, 1.807) is 48.0 Å². The van der Waals surface area contributed by atoms with Crippen LogP contribution in [0.4, 0.5) is 11.5 Å². The number of fused-ring (bicyclic) bond motifs is 1. The number of amides is 1. The van der Waals surface area contributed by atoms with Crippen LogP contribution >= 0.6 is 0 Å². The lowest BCUT2D eigenvalue weighted by molar-refractivity contribution is -0.385. The lowest BCUT2D eigenvalue weighted by atomic mass is 10.2. The average molecular weight is 352 g/mol. The predicted octanol–water partition coefficient (Wildman–Crippen LogP) is 3.69. The van der Waals surface area contributed by atoms with Gasteiger partial charge in [-0.15, -0.1) is 0 Å². The van der Waals surface area contributed by atoms with Gasteiger partial charge in [-0.05, 0) is 44.0 Å². The minimum Gasteiger partial charge on any atom is -0.456 e. The molecule has 1 amide bonds. The van der Waals surface area contributed by atoms with Crippen LogP contribution in [0.25, 0.3) is 5.65 Å². The highest BCUT2D eigenvalue weighted by Crippen LogP contribution is 2.30. The Bertz CT molecular complexity index is 1020. The van der Waals surface area contributed by atoms with Gasteiger partial charge in [0.15, 0.2) is 5.82 Å². The zero-order valence-electron chi connectivity index (χ0n) is 14.0. The van der Waals surface area contributed by atoms with Gasteiger partial charge in [0.05, 0.1) is 17.3 Å². The van der Waals surface area contributed by atoms with Gasteiger partial charge in [0.2, 0.25) is 5.91 Å². The maximum absolute atomic E-state index is 11.8. The van der Waals surface area contributed by atoms with Crippen molar-refractivity contribution in [3.8, 4) is 11.5 Å². The lowest BCUT2D eigenvalue weighted by Gasteiger charge is -2.07. The van der Waals surface area contributed by atoms with Gasteiger partial charge in [0.1, 0.15) is 17.1 Å². The molecule has 0 bridgehead atoms. The Balaban J connectivity index is 1.54. The van der Waals surface area contributed by atoms with E-state index in [2.05, 4.69) is 10.3 Å². The van der Waals surface area contributed by atoms with Crippen LogP contribution in [0, 0.1) is 23.0 Å². The standard InChI is InChI=1S/C18H16N4O4/c1-11-8-13(4-6-15(11)22(24)25)26-14-5-7-17-19-16(10-21(17)9-14)20-18(23)12-2-3-12/h4-10,12H,2-3H2,1H3,(H,20,23). The van der Waals surface area contributed by atoms with Gasteiger partial charge in [-0.1, -0.05) is 0 Å². The number of carbonyl (C=O) groups is 1. The number of nitrogens with zero attached hydrogens (tertiary/aromatic N) is 3. The van der Waals surface area contributed by atoms with Crippen LogP contribution in [0.1, 0.15) is 18.4 Å². The summed E-state index contributed by atoms with van der Waals surface area (Å²) >= 11 is 0. The maximum Gasteiger partial charge on any atom is 0.272 e. The summed E-state index contributed by atoms with van der Waals surface area (Å²) in [5.74, 6) is 1.69. The first-order valence-electron chi connectivity index (χ1n) is 8.22. The van der Waals surface area contributed by atoms with Crippen LogP contribution in [-0.4, -0.2) is 20.2 Å². The summed E-state index contributed by atoms with van der Waals surface area (Å²) < 4.78 is 7.54. The zero-order valence-corrected chi connectivity index (χ0v) is 14.0. The third kappa shape index (κ3) is 3.21. The molecule has 4 rings (SSSR count). The molecule has 2 heterocycles. The van der Waals surface area contributed by atoms with E-state index in [-0.39, 0.29) is 17.5 Å². The van der Waals surface area contributed by atoms with E-state index in [1.807, 2.05) is 0 Å². The van der Waals surface area contributed by atoms with E-state index in [0.29, 0.717) is 28.5 Å². The van der Waals surface area contributed by atoms with Crippen LogP contribution in [0.15, 0.2) is 42.7 Å². The summed E-state index contributed by atoms with van der Waals surface area (Å²) in [5.41, 5.74) is 1.27. The normalized spacial score (nSPS) is 13.6. The number of carbonyl (C=O) groups excluding carboxylic acids is 1. The van der Waals surface area contributed by atoms with E-state index in [0.717, 1.165) is 12.8 Å². The third-order valence-electron chi connectivity index (χ3n) is 4.22. The number of ether oxygens (including phenoxy) is 1. The Kier molecular flexibility index (Phi) is 3.80. The van der Waals surface area contributed by atoms with Crippen molar-refractivity contribution in [2.75, 3.05) is 5.32 Å². The van der Waals surface area contributed by atoms with Crippen LogP contribution in [0.3, 0.4) is 0 Å². The summed E-state index contributed by atoms with van der Waals surface area (Å²) in [6.07, 6.45) is 5.34. The number of hydrogen-bond donors (Lipinski definition) is 1. The van der Waals surface area contributed by atoms with Crippen LogP contribution in [0.5, 0.6) is 11.5 Å². The number of nitro groups is 1. The van der Waals surface area contributed by atoms with Crippen molar-refractivity contribution in [1.29, 1.82) is 0 Å². The third-order valence-corrected chi connectivity index (χ3v) is 4.22. The molecular formula is C18H16N4O4. The first kappa shape index (κ1) is 16.1. The van der Waals surface area contributed by atoms with Gasteiger partial charge in [-0.3, -0.25) is 14.9 Å². The van der Waals surface area contributed by atoms with E-state index < -0.39 is 4.92 Å².